The monoisotopic (exact) mass is 436 g/mol. The van der Waals surface area contributed by atoms with E-state index in [4.69, 9.17) is 10.00 Å². The lowest BCUT2D eigenvalue weighted by Gasteiger charge is -2.13. The molecule has 0 amide bonds. The second-order valence-electron chi connectivity index (χ2n) is 6.72. The van der Waals surface area contributed by atoms with Crippen LogP contribution in [0.1, 0.15) is 17.0 Å². The number of fused-ring (bicyclic) bond motifs is 1. The van der Waals surface area contributed by atoms with Crippen LogP contribution < -0.4 is 5.32 Å². The molecule has 0 fully saturated rings. The maximum absolute atomic E-state index is 13.4. The summed E-state index contributed by atoms with van der Waals surface area (Å²) in [4.78, 5) is 17.0. The third-order valence-corrected chi connectivity index (χ3v) is 4.52. The van der Waals surface area contributed by atoms with Crippen LogP contribution in [0, 0.1) is 11.3 Å². The summed E-state index contributed by atoms with van der Waals surface area (Å²) >= 11 is 0. The van der Waals surface area contributed by atoms with Crippen molar-refractivity contribution in [1.29, 1.82) is 5.26 Å². The average Bonchev–Trinajstić information content (AvgIpc) is 2.79. The van der Waals surface area contributed by atoms with Crippen LogP contribution in [0.2, 0.25) is 0 Å². The van der Waals surface area contributed by atoms with E-state index in [2.05, 4.69) is 25.3 Å². The second kappa shape index (κ2) is 8.56. The quantitative estimate of drug-likeness (QED) is 0.477. The molecule has 0 radical (unpaired) electrons. The van der Waals surface area contributed by atoms with Crippen molar-refractivity contribution in [2.75, 3.05) is 12.4 Å². The third kappa shape index (κ3) is 4.33. The summed E-state index contributed by atoms with van der Waals surface area (Å²) < 4.78 is 45.4. The van der Waals surface area contributed by atoms with E-state index in [-0.39, 0.29) is 17.9 Å². The zero-order valence-corrected chi connectivity index (χ0v) is 16.7. The number of halogens is 3. The lowest BCUT2D eigenvalue weighted by atomic mass is 10.1. The van der Waals surface area contributed by atoms with Gasteiger partial charge in [0.25, 0.3) is 0 Å². The van der Waals surface area contributed by atoms with Crippen molar-refractivity contribution < 1.29 is 17.9 Å². The summed E-state index contributed by atoms with van der Waals surface area (Å²) in [5.74, 6) is 0.683. The van der Waals surface area contributed by atoms with Gasteiger partial charge in [0.2, 0.25) is 0 Å². The van der Waals surface area contributed by atoms with Crippen molar-refractivity contribution in [3.8, 4) is 17.3 Å². The molecule has 3 heterocycles. The van der Waals surface area contributed by atoms with Gasteiger partial charge in [0.15, 0.2) is 11.6 Å². The lowest BCUT2D eigenvalue weighted by molar-refractivity contribution is -0.137. The standard InChI is InChI=1S/C22H15F3N6O/c1-32-12-18-30-17-9-14(19-16(22(23,24)25)3-2-8-27-19)11-28-20(17)21(31-18)29-15-6-4-13(10-26)5-7-15/h2-9,11H,12H2,1H3,(H,29,30,31). The molecule has 0 unspecified atom stereocenters. The number of aromatic nitrogens is 4. The topological polar surface area (TPSA) is 96.6 Å². The normalized spacial score (nSPS) is 11.3. The molecule has 3 aromatic heterocycles. The molecule has 7 nitrogen and oxygen atoms in total. The van der Waals surface area contributed by atoms with Gasteiger partial charge in [-0.25, -0.2) is 15.0 Å². The van der Waals surface area contributed by atoms with Gasteiger partial charge in [-0.3, -0.25) is 4.98 Å². The second-order valence-corrected chi connectivity index (χ2v) is 6.72. The highest BCUT2D eigenvalue weighted by Crippen LogP contribution is 2.36. The van der Waals surface area contributed by atoms with E-state index >= 15 is 0 Å². The predicted octanol–water partition coefficient (Wildman–Crippen LogP) is 4.87. The molecule has 0 aliphatic heterocycles. The average molecular weight is 436 g/mol. The molecule has 1 N–H and O–H groups in total. The maximum Gasteiger partial charge on any atom is 0.418 e. The van der Waals surface area contributed by atoms with E-state index in [0.717, 1.165) is 6.07 Å². The Bertz CT molecular complexity index is 1320. The molecule has 160 valence electrons. The van der Waals surface area contributed by atoms with Crippen LogP contribution in [0.25, 0.3) is 22.3 Å². The molecule has 0 atom stereocenters. The Morgan fingerprint density at radius 3 is 2.56 bits per heavy atom. The molecular formula is C22H15F3N6O. The lowest BCUT2D eigenvalue weighted by Crippen LogP contribution is -2.08. The minimum Gasteiger partial charge on any atom is -0.377 e. The van der Waals surface area contributed by atoms with Crippen LogP contribution in [-0.4, -0.2) is 27.0 Å². The summed E-state index contributed by atoms with van der Waals surface area (Å²) in [6.45, 7) is 0.0968. The molecule has 0 saturated carbocycles. The van der Waals surface area contributed by atoms with E-state index < -0.39 is 11.7 Å². The van der Waals surface area contributed by atoms with Crippen LogP contribution >= 0.6 is 0 Å². The predicted molar refractivity (Wildman–Crippen MR) is 111 cm³/mol. The van der Waals surface area contributed by atoms with Gasteiger partial charge in [0.05, 0.1) is 28.4 Å². The SMILES string of the molecule is COCc1nc(Nc2ccc(C#N)cc2)c2ncc(-c3ncccc3C(F)(F)F)cc2n1. The zero-order chi connectivity index (χ0) is 22.7. The maximum atomic E-state index is 13.4. The number of nitrogens with zero attached hydrogens (tertiary/aromatic N) is 5. The van der Waals surface area contributed by atoms with Crippen molar-refractivity contribution in [3.05, 3.63) is 71.8 Å². The van der Waals surface area contributed by atoms with E-state index in [0.29, 0.717) is 33.9 Å². The van der Waals surface area contributed by atoms with Gasteiger partial charge in [0, 0.05) is 30.8 Å². The van der Waals surface area contributed by atoms with Crippen LogP contribution in [0.5, 0.6) is 0 Å². The Morgan fingerprint density at radius 1 is 1.09 bits per heavy atom. The minimum absolute atomic E-state index is 0.0968. The number of methoxy groups -OCH3 is 1. The van der Waals surface area contributed by atoms with Gasteiger partial charge >= 0.3 is 6.18 Å². The number of pyridine rings is 2. The van der Waals surface area contributed by atoms with Gasteiger partial charge in [-0.15, -0.1) is 0 Å². The van der Waals surface area contributed by atoms with Crippen LogP contribution in [0.15, 0.2) is 54.9 Å². The van der Waals surface area contributed by atoms with E-state index in [1.54, 1.807) is 24.3 Å². The molecule has 0 spiro atoms. The molecule has 4 aromatic rings. The Labute approximate surface area is 180 Å². The fourth-order valence-electron chi connectivity index (χ4n) is 3.11. The molecule has 0 aliphatic carbocycles. The highest BCUT2D eigenvalue weighted by Gasteiger charge is 2.34. The number of ether oxygens (including phenoxy) is 1. The molecule has 0 bridgehead atoms. The fourth-order valence-corrected chi connectivity index (χ4v) is 3.11. The Morgan fingerprint density at radius 2 is 1.88 bits per heavy atom. The number of hydrogen-bond donors (Lipinski definition) is 1. The molecule has 1 aromatic carbocycles. The highest BCUT2D eigenvalue weighted by atomic mass is 19.4. The molecule has 0 saturated heterocycles. The number of hydrogen-bond acceptors (Lipinski definition) is 7. The van der Waals surface area contributed by atoms with Gasteiger partial charge < -0.3 is 10.1 Å². The van der Waals surface area contributed by atoms with Crippen LogP contribution in [0.4, 0.5) is 24.7 Å². The van der Waals surface area contributed by atoms with Gasteiger partial charge in [-0.1, -0.05) is 0 Å². The largest absolute Gasteiger partial charge is 0.418 e. The summed E-state index contributed by atoms with van der Waals surface area (Å²) in [5, 5.41) is 12.1. The Balaban J connectivity index is 1.82. The molecule has 0 aliphatic rings. The zero-order valence-electron chi connectivity index (χ0n) is 16.7. The van der Waals surface area contributed by atoms with E-state index in [9.17, 15) is 13.2 Å². The molecule has 10 heteroatoms. The van der Waals surface area contributed by atoms with Crippen molar-refractivity contribution in [1.82, 2.24) is 19.9 Å². The van der Waals surface area contributed by atoms with Crippen molar-refractivity contribution in [2.24, 2.45) is 0 Å². The van der Waals surface area contributed by atoms with Gasteiger partial charge in [-0.2, -0.15) is 18.4 Å². The van der Waals surface area contributed by atoms with Gasteiger partial charge in [-0.05, 0) is 42.5 Å². The van der Waals surface area contributed by atoms with Crippen molar-refractivity contribution in [3.63, 3.8) is 0 Å². The van der Waals surface area contributed by atoms with E-state index in [1.807, 2.05) is 6.07 Å². The van der Waals surface area contributed by atoms with Gasteiger partial charge in [0.1, 0.15) is 12.1 Å². The minimum atomic E-state index is -4.56. The smallest absolute Gasteiger partial charge is 0.377 e. The fraction of sp³-hybridized carbons (Fsp3) is 0.136. The number of benzene rings is 1. The summed E-state index contributed by atoms with van der Waals surface area (Å²) in [6.07, 6.45) is -1.96. The molecular weight excluding hydrogens is 421 g/mol. The van der Waals surface area contributed by atoms with Crippen molar-refractivity contribution in [2.45, 2.75) is 12.8 Å². The first-order valence-corrected chi connectivity index (χ1v) is 9.34. The number of nitrogens with one attached hydrogen (secondary N) is 1. The number of rotatable bonds is 5. The Kier molecular flexibility index (Phi) is 5.66. The van der Waals surface area contributed by atoms with E-state index in [1.165, 1.54) is 31.6 Å². The van der Waals surface area contributed by atoms with Crippen molar-refractivity contribution >= 4 is 22.5 Å². The number of nitriles is 1. The number of alkyl halides is 3. The first-order chi connectivity index (χ1) is 15.4. The molecule has 4 rings (SSSR count). The highest BCUT2D eigenvalue weighted by molar-refractivity contribution is 5.89. The molecule has 32 heavy (non-hydrogen) atoms. The first kappa shape index (κ1) is 21.1. The third-order valence-electron chi connectivity index (χ3n) is 4.52. The number of anilines is 2. The summed E-state index contributed by atoms with van der Waals surface area (Å²) in [7, 11) is 1.49. The first-order valence-electron chi connectivity index (χ1n) is 9.34. The van der Waals surface area contributed by atoms with Crippen LogP contribution in [0.3, 0.4) is 0 Å². The summed E-state index contributed by atoms with van der Waals surface area (Å²) in [6, 6.07) is 12.5. The Hall–Kier alpha value is -4.10. The van der Waals surface area contributed by atoms with Crippen LogP contribution in [-0.2, 0) is 17.5 Å². The summed E-state index contributed by atoms with van der Waals surface area (Å²) in [5.41, 5.74) is 0.939.